The minimum atomic E-state index is -0.868. The van der Waals surface area contributed by atoms with Gasteiger partial charge in [-0.25, -0.2) is 4.39 Å². The lowest BCUT2D eigenvalue weighted by molar-refractivity contribution is -0.0658. The van der Waals surface area contributed by atoms with E-state index < -0.39 is 5.60 Å². The third kappa shape index (κ3) is 2.76. The van der Waals surface area contributed by atoms with Crippen molar-refractivity contribution in [2.75, 3.05) is 13.1 Å². The molecule has 94 valence electrons. The fourth-order valence-electron chi connectivity index (χ4n) is 1.94. The van der Waals surface area contributed by atoms with Gasteiger partial charge in [0.15, 0.2) is 0 Å². The van der Waals surface area contributed by atoms with Gasteiger partial charge in [0.2, 0.25) is 0 Å². The molecule has 0 radical (unpaired) electrons. The number of aryl methyl sites for hydroxylation is 1. The second-order valence-electron chi connectivity index (χ2n) is 4.83. The maximum Gasteiger partial charge on any atom is 0.139 e. The van der Waals surface area contributed by atoms with Gasteiger partial charge >= 0.3 is 0 Å². The maximum absolute atomic E-state index is 13.4. The molecule has 4 heteroatoms. The number of hydrogen-bond donors (Lipinski definition) is 2. The van der Waals surface area contributed by atoms with Gasteiger partial charge in [-0.3, -0.25) is 0 Å². The zero-order chi connectivity index (χ0) is 12.5. The number of benzene rings is 1. The molecule has 1 heterocycles. The largest absolute Gasteiger partial charge is 0.486 e. The summed E-state index contributed by atoms with van der Waals surface area (Å²) in [6.07, 6.45) is 0.282. The van der Waals surface area contributed by atoms with Crippen LogP contribution in [0.25, 0.3) is 0 Å². The maximum atomic E-state index is 13.4. The molecule has 2 rings (SSSR count). The number of piperidine rings is 1. The highest BCUT2D eigenvalue weighted by atomic mass is 19.1. The van der Waals surface area contributed by atoms with E-state index in [0.29, 0.717) is 24.3 Å². The SMILES string of the molecule is Cc1ccc(OC2CNCCC2(C)O)cc1F. The van der Waals surface area contributed by atoms with Gasteiger partial charge in [-0.15, -0.1) is 0 Å². The second-order valence-corrected chi connectivity index (χ2v) is 4.83. The Morgan fingerprint density at radius 2 is 2.29 bits per heavy atom. The molecule has 1 aliphatic rings. The Morgan fingerprint density at radius 3 is 2.94 bits per heavy atom. The van der Waals surface area contributed by atoms with Gasteiger partial charge in [0.05, 0.1) is 0 Å². The number of nitrogens with one attached hydrogen (secondary N) is 1. The number of aliphatic hydroxyl groups is 1. The van der Waals surface area contributed by atoms with E-state index in [1.54, 1.807) is 26.0 Å². The minimum Gasteiger partial charge on any atom is -0.486 e. The first-order valence-electron chi connectivity index (χ1n) is 5.85. The lowest BCUT2D eigenvalue weighted by Gasteiger charge is -2.37. The molecule has 1 saturated heterocycles. The lowest BCUT2D eigenvalue weighted by atomic mass is 9.92. The lowest BCUT2D eigenvalue weighted by Crippen LogP contribution is -2.55. The van der Waals surface area contributed by atoms with E-state index in [1.807, 2.05) is 0 Å². The van der Waals surface area contributed by atoms with Crippen molar-refractivity contribution in [3.8, 4) is 5.75 Å². The van der Waals surface area contributed by atoms with E-state index in [1.165, 1.54) is 6.07 Å². The van der Waals surface area contributed by atoms with Crippen molar-refractivity contribution < 1.29 is 14.2 Å². The van der Waals surface area contributed by atoms with Crippen molar-refractivity contribution in [1.29, 1.82) is 0 Å². The van der Waals surface area contributed by atoms with Crippen LogP contribution in [0.1, 0.15) is 18.9 Å². The topological polar surface area (TPSA) is 41.5 Å². The summed E-state index contributed by atoms with van der Waals surface area (Å²) < 4.78 is 19.0. The molecule has 2 N–H and O–H groups in total. The predicted molar refractivity (Wildman–Crippen MR) is 63.7 cm³/mol. The highest BCUT2D eigenvalue weighted by Crippen LogP contribution is 2.24. The summed E-state index contributed by atoms with van der Waals surface area (Å²) >= 11 is 0. The van der Waals surface area contributed by atoms with Gasteiger partial charge in [-0.1, -0.05) is 6.07 Å². The van der Waals surface area contributed by atoms with E-state index in [0.717, 1.165) is 6.54 Å². The summed E-state index contributed by atoms with van der Waals surface area (Å²) in [7, 11) is 0. The third-order valence-electron chi connectivity index (χ3n) is 3.25. The zero-order valence-corrected chi connectivity index (χ0v) is 10.2. The Balaban J connectivity index is 2.11. The molecule has 2 atom stereocenters. The molecule has 1 fully saturated rings. The Bertz CT molecular complexity index is 406. The first-order valence-corrected chi connectivity index (χ1v) is 5.85. The van der Waals surface area contributed by atoms with Crippen molar-refractivity contribution in [2.24, 2.45) is 0 Å². The summed E-state index contributed by atoms with van der Waals surface area (Å²) in [5, 5.41) is 13.3. The van der Waals surface area contributed by atoms with Gasteiger partial charge in [0.25, 0.3) is 0 Å². The van der Waals surface area contributed by atoms with Crippen LogP contribution in [0, 0.1) is 12.7 Å². The molecule has 0 aliphatic carbocycles. The van der Waals surface area contributed by atoms with Crippen molar-refractivity contribution in [1.82, 2.24) is 5.32 Å². The Morgan fingerprint density at radius 1 is 1.53 bits per heavy atom. The normalized spacial score (nSPS) is 29.1. The highest BCUT2D eigenvalue weighted by molar-refractivity contribution is 5.28. The molecular weight excluding hydrogens is 221 g/mol. The first kappa shape index (κ1) is 12.3. The van der Waals surface area contributed by atoms with Crippen molar-refractivity contribution >= 4 is 0 Å². The van der Waals surface area contributed by atoms with Gasteiger partial charge in [0, 0.05) is 12.6 Å². The van der Waals surface area contributed by atoms with E-state index in [4.69, 9.17) is 4.74 Å². The highest BCUT2D eigenvalue weighted by Gasteiger charge is 2.36. The molecule has 1 aromatic carbocycles. The van der Waals surface area contributed by atoms with Crippen LogP contribution >= 0.6 is 0 Å². The summed E-state index contributed by atoms with van der Waals surface area (Å²) in [5.41, 5.74) is -0.280. The Kier molecular flexibility index (Phi) is 3.35. The fraction of sp³-hybridized carbons (Fsp3) is 0.538. The van der Waals surface area contributed by atoms with Crippen LogP contribution in [0.2, 0.25) is 0 Å². The van der Waals surface area contributed by atoms with Gasteiger partial charge < -0.3 is 15.2 Å². The van der Waals surface area contributed by atoms with Crippen molar-refractivity contribution in [3.63, 3.8) is 0 Å². The van der Waals surface area contributed by atoms with Crippen molar-refractivity contribution in [2.45, 2.75) is 32.0 Å². The van der Waals surface area contributed by atoms with E-state index in [-0.39, 0.29) is 11.9 Å². The summed E-state index contributed by atoms with van der Waals surface area (Å²) in [4.78, 5) is 0. The molecule has 2 unspecified atom stereocenters. The van der Waals surface area contributed by atoms with Crippen LogP contribution in [0.15, 0.2) is 18.2 Å². The molecule has 17 heavy (non-hydrogen) atoms. The van der Waals surface area contributed by atoms with E-state index in [2.05, 4.69) is 5.32 Å². The van der Waals surface area contributed by atoms with Gasteiger partial charge in [0.1, 0.15) is 23.3 Å². The molecular formula is C13H18FNO2. The van der Waals surface area contributed by atoms with Crippen LogP contribution in [0.5, 0.6) is 5.75 Å². The van der Waals surface area contributed by atoms with Crippen LogP contribution in [-0.4, -0.2) is 29.9 Å². The standard InChI is InChI=1S/C13H18FNO2/c1-9-3-4-10(7-11(9)14)17-12-8-15-6-5-13(12,2)16/h3-4,7,12,15-16H,5-6,8H2,1-2H3. The van der Waals surface area contributed by atoms with E-state index in [9.17, 15) is 9.50 Å². The monoisotopic (exact) mass is 239 g/mol. The fourth-order valence-corrected chi connectivity index (χ4v) is 1.94. The molecule has 0 bridgehead atoms. The molecule has 0 spiro atoms. The van der Waals surface area contributed by atoms with Crippen LogP contribution < -0.4 is 10.1 Å². The summed E-state index contributed by atoms with van der Waals surface area (Å²) in [5.74, 6) is 0.174. The van der Waals surface area contributed by atoms with Crippen LogP contribution in [0.3, 0.4) is 0 Å². The predicted octanol–water partition coefficient (Wildman–Crippen LogP) is 1.63. The third-order valence-corrected chi connectivity index (χ3v) is 3.25. The second kappa shape index (κ2) is 4.63. The first-order chi connectivity index (χ1) is 7.99. The molecule has 0 saturated carbocycles. The smallest absolute Gasteiger partial charge is 0.139 e. The number of rotatable bonds is 2. The molecule has 1 aliphatic heterocycles. The molecule has 0 amide bonds. The number of ether oxygens (including phenoxy) is 1. The molecule has 1 aromatic rings. The van der Waals surface area contributed by atoms with Crippen LogP contribution in [0.4, 0.5) is 4.39 Å². The summed E-state index contributed by atoms with van der Waals surface area (Å²) in [6, 6.07) is 4.76. The number of hydrogen-bond acceptors (Lipinski definition) is 3. The van der Waals surface area contributed by atoms with Gasteiger partial charge in [-0.2, -0.15) is 0 Å². The minimum absolute atomic E-state index is 0.286. The zero-order valence-electron chi connectivity index (χ0n) is 10.2. The number of halogens is 1. The Labute approximate surface area is 101 Å². The molecule has 0 aromatic heterocycles. The average molecular weight is 239 g/mol. The van der Waals surface area contributed by atoms with Crippen molar-refractivity contribution in [3.05, 3.63) is 29.6 Å². The average Bonchev–Trinajstić information content (AvgIpc) is 2.26. The quantitative estimate of drug-likeness (QED) is 0.824. The summed E-state index contributed by atoms with van der Waals surface area (Å²) in [6.45, 7) is 4.80. The molecule has 3 nitrogen and oxygen atoms in total. The van der Waals surface area contributed by atoms with Crippen LogP contribution in [-0.2, 0) is 0 Å². The van der Waals surface area contributed by atoms with Gasteiger partial charge in [-0.05, 0) is 38.4 Å². The Hall–Kier alpha value is -1.13. The van der Waals surface area contributed by atoms with E-state index >= 15 is 0 Å².